The smallest absolute Gasteiger partial charge is 0.319 e. The molecule has 0 spiro atoms. The molecular weight excluding hydrogens is 1060 g/mol. The van der Waals surface area contributed by atoms with Crippen LogP contribution in [0.3, 0.4) is 0 Å². The number of hydrogen-bond donors (Lipinski definition) is 3. The van der Waals surface area contributed by atoms with Gasteiger partial charge < -0.3 is 39.6 Å². The number of nitrogens with zero attached hydrogens (tertiary/aromatic N) is 10. The highest BCUT2D eigenvalue weighted by Gasteiger charge is 2.35. The van der Waals surface area contributed by atoms with Crippen molar-refractivity contribution in [1.82, 2.24) is 50.4 Å². The van der Waals surface area contributed by atoms with E-state index in [0.29, 0.717) is 47.1 Å². The summed E-state index contributed by atoms with van der Waals surface area (Å²) in [4.78, 5) is 55.5. The number of piperazine rings is 2. The molecule has 5 aliphatic heterocycles. The lowest BCUT2D eigenvalue weighted by Crippen LogP contribution is -2.51. The third-order valence-electron chi connectivity index (χ3n) is 17.6. The van der Waals surface area contributed by atoms with Crippen LogP contribution in [0.2, 0.25) is 0 Å². The van der Waals surface area contributed by atoms with Crippen LogP contribution < -0.4 is 25.2 Å². The van der Waals surface area contributed by atoms with Crippen molar-refractivity contribution in [2.24, 2.45) is 11.8 Å². The highest BCUT2D eigenvalue weighted by molar-refractivity contribution is 7.13. The summed E-state index contributed by atoms with van der Waals surface area (Å²) in [5.41, 5.74) is 7.17. The standard InChI is InChI=1S/C45H56FN9O4.C18H23N3OS/c1-4-30-8-5-9-31-19-34(57)20-35(40(30)31)42-41(46)43-36(22-47-42)44(55-25-32-10-11-33(26-55)48-32)50-45(49-43)58-18-17-52-12-6-7-29(23-52)24-53-13-15-54(16-14-53)39-21-38(59-51-39)37(27-56)28(2)3;1-12(20-18(22)16-5-4-10-21(16)3)14-6-8-15(9-7-14)17-13(2)19-11-23-17/h5,8-9,19-22,27-29,32-33,37,48,57H,4,6-7,10-18,23-26H2,1-3H3;6-9,11-12,16H,4-5,10H2,1-3H3,(H,20,22)/t29-,32?,33?,37?;12-,16-/m10/s1. The normalized spacial score (nSPS) is 21.5. The van der Waals surface area contributed by atoms with Gasteiger partial charge in [-0.05, 0) is 130 Å². The Hall–Kier alpha value is -6.64. The SMILES string of the molecule is CCc1cccc2cc(O)cc(-c3ncc4c(N5CC6CCC(C5)N6)nc(OCCN5CCC[C@@H](CN6CCN(c7cc(C(C=O)C(C)C)on7)CC6)C5)nc4c3F)c12.Cc1ncsc1-c1ccc([C@H](C)NC(=O)[C@@H]2CCCN2C)cc1. The molecule has 5 aliphatic rings. The number of likely N-dealkylation sites (tertiary alicyclic amines) is 2. The number of pyridine rings is 1. The van der Waals surface area contributed by atoms with E-state index in [-0.39, 0.29) is 52.8 Å². The number of fused-ring (bicyclic) bond motifs is 4. The lowest BCUT2D eigenvalue weighted by Gasteiger charge is -2.39. The van der Waals surface area contributed by atoms with Gasteiger partial charge in [-0.25, -0.2) is 9.37 Å². The predicted molar refractivity (Wildman–Crippen MR) is 321 cm³/mol. The summed E-state index contributed by atoms with van der Waals surface area (Å²) in [6, 6.07) is 20.5. The molecular formula is C63H79FN12O5S. The van der Waals surface area contributed by atoms with E-state index in [4.69, 9.17) is 24.2 Å². The molecule has 2 bridgehead atoms. The lowest BCUT2D eigenvalue weighted by atomic mass is 9.95. The first-order valence-electron chi connectivity index (χ1n) is 29.7. The van der Waals surface area contributed by atoms with Crippen molar-refractivity contribution in [1.29, 1.82) is 0 Å². The second-order valence-electron chi connectivity index (χ2n) is 23.6. The Morgan fingerprint density at radius 3 is 2.41 bits per heavy atom. The summed E-state index contributed by atoms with van der Waals surface area (Å²) in [5.74, 6) is 2.20. The number of thiazole rings is 1. The molecule has 0 saturated carbocycles. The summed E-state index contributed by atoms with van der Waals surface area (Å²) in [6.07, 6.45) is 9.99. The molecule has 3 N–H and O–H groups in total. The van der Waals surface area contributed by atoms with Crippen LogP contribution in [0.15, 0.2) is 76.9 Å². The molecule has 12 rings (SSSR count). The van der Waals surface area contributed by atoms with Gasteiger partial charge in [-0.15, -0.1) is 11.3 Å². The van der Waals surface area contributed by atoms with E-state index < -0.39 is 5.82 Å². The van der Waals surface area contributed by atoms with Gasteiger partial charge >= 0.3 is 6.01 Å². The van der Waals surface area contributed by atoms with Crippen LogP contribution in [0.5, 0.6) is 11.8 Å². The number of ether oxygens (including phenoxy) is 1. The first-order valence-corrected chi connectivity index (χ1v) is 30.6. The third kappa shape index (κ3) is 12.6. The molecule has 9 heterocycles. The van der Waals surface area contributed by atoms with Crippen molar-refractivity contribution in [2.75, 3.05) is 95.4 Å². The number of piperidine rings is 1. The van der Waals surface area contributed by atoms with Crippen LogP contribution in [0.4, 0.5) is 16.0 Å². The Kier molecular flexibility index (Phi) is 17.8. The molecule has 1 amide bonds. The fourth-order valence-electron chi connectivity index (χ4n) is 13.0. The van der Waals surface area contributed by atoms with Gasteiger partial charge in [0.15, 0.2) is 11.6 Å². The molecule has 3 aromatic carbocycles. The van der Waals surface area contributed by atoms with E-state index in [1.165, 1.54) is 16.9 Å². The Bertz CT molecular complexity index is 3340. The van der Waals surface area contributed by atoms with Crippen molar-refractivity contribution in [3.8, 4) is 33.5 Å². The van der Waals surface area contributed by atoms with Gasteiger partial charge in [0, 0.05) is 88.8 Å². The van der Waals surface area contributed by atoms with Crippen LogP contribution in [0.1, 0.15) is 101 Å². The molecule has 5 saturated heterocycles. The minimum Gasteiger partial charge on any atom is -0.508 e. The van der Waals surface area contributed by atoms with Crippen LogP contribution in [0, 0.1) is 24.6 Å². The molecule has 17 nitrogen and oxygen atoms in total. The topological polar surface area (TPSA) is 181 Å². The van der Waals surface area contributed by atoms with Gasteiger partial charge in [0.05, 0.1) is 39.5 Å². The maximum Gasteiger partial charge on any atom is 0.319 e. The van der Waals surface area contributed by atoms with Crippen molar-refractivity contribution >= 4 is 56.8 Å². The first-order chi connectivity index (χ1) is 39.8. The summed E-state index contributed by atoms with van der Waals surface area (Å²) in [6.45, 7) is 20.5. The average molecular weight is 1140 g/mol. The molecule has 3 unspecified atom stereocenters. The number of aromatic hydroxyl groups is 1. The van der Waals surface area contributed by atoms with Gasteiger partial charge in [-0.3, -0.25) is 24.5 Å². The zero-order valence-electron chi connectivity index (χ0n) is 48.3. The van der Waals surface area contributed by atoms with Gasteiger partial charge in [-0.1, -0.05) is 68.4 Å². The summed E-state index contributed by atoms with van der Waals surface area (Å²) in [7, 11) is 2.02. The van der Waals surface area contributed by atoms with Gasteiger partial charge in [-0.2, -0.15) is 9.97 Å². The molecule has 4 aromatic heterocycles. The molecule has 434 valence electrons. The molecule has 6 atom stereocenters. The van der Waals surface area contributed by atoms with E-state index in [9.17, 15) is 14.7 Å². The van der Waals surface area contributed by atoms with Crippen molar-refractivity contribution in [3.63, 3.8) is 0 Å². The third-order valence-corrected chi connectivity index (χ3v) is 18.6. The second-order valence-corrected chi connectivity index (χ2v) is 24.5. The number of aldehydes is 1. The van der Waals surface area contributed by atoms with Crippen LogP contribution in [-0.4, -0.2) is 161 Å². The molecule has 5 fully saturated rings. The van der Waals surface area contributed by atoms with Crippen LogP contribution >= 0.6 is 11.3 Å². The summed E-state index contributed by atoms with van der Waals surface area (Å²) < 4.78 is 28.9. The van der Waals surface area contributed by atoms with Crippen LogP contribution in [-0.2, 0) is 16.0 Å². The van der Waals surface area contributed by atoms with Crippen molar-refractivity contribution in [3.05, 3.63) is 101 Å². The number of hydrogen-bond acceptors (Lipinski definition) is 17. The zero-order valence-corrected chi connectivity index (χ0v) is 49.1. The number of carbonyl (C=O) groups is 2. The van der Waals surface area contributed by atoms with Crippen LogP contribution in [0.25, 0.3) is 43.4 Å². The minimum atomic E-state index is -0.546. The second kappa shape index (κ2) is 25.5. The fraction of sp³-hybridized carbons (Fsp3) is 0.508. The number of aromatic nitrogens is 5. The number of rotatable bonds is 17. The molecule has 0 aliphatic carbocycles. The fourth-order valence-corrected chi connectivity index (χ4v) is 13.8. The lowest BCUT2D eigenvalue weighted by molar-refractivity contribution is -0.125. The highest BCUT2D eigenvalue weighted by Crippen LogP contribution is 2.39. The number of carbonyl (C=O) groups excluding carboxylic acids is 2. The number of aryl methyl sites for hydroxylation is 2. The van der Waals surface area contributed by atoms with E-state index >= 15 is 4.39 Å². The van der Waals surface area contributed by atoms with E-state index in [2.05, 4.69) is 76.5 Å². The largest absolute Gasteiger partial charge is 0.508 e. The average Bonchev–Trinajstić information content (AvgIpc) is 4.44. The zero-order chi connectivity index (χ0) is 57.0. The quantitative estimate of drug-likeness (QED) is 0.0733. The van der Waals surface area contributed by atoms with Crippen molar-refractivity contribution < 1.29 is 28.3 Å². The molecule has 0 radical (unpaired) electrons. The maximum absolute atomic E-state index is 17.0. The highest BCUT2D eigenvalue weighted by atomic mass is 32.1. The molecule has 82 heavy (non-hydrogen) atoms. The number of amides is 1. The Morgan fingerprint density at radius 2 is 1.71 bits per heavy atom. The van der Waals surface area contributed by atoms with E-state index in [1.807, 2.05) is 64.5 Å². The Balaban J connectivity index is 0.000000256. The number of halogens is 1. The number of phenols is 1. The number of anilines is 2. The first kappa shape index (κ1) is 57.2. The predicted octanol–water partition coefficient (Wildman–Crippen LogP) is 9.42. The number of benzene rings is 3. The van der Waals surface area contributed by atoms with Gasteiger partial charge in [0.2, 0.25) is 5.91 Å². The number of likely N-dealkylation sites (N-methyl/N-ethyl adjacent to an activating group) is 1. The minimum absolute atomic E-state index is 0.0214. The Morgan fingerprint density at radius 1 is 0.927 bits per heavy atom. The maximum atomic E-state index is 17.0. The summed E-state index contributed by atoms with van der Waals surface area (Å²) in [5, 5.41) is 24.1. The monoisotopic (exact) mass is 1130 g/mol. The molecule has 19 heteroatoms. The van der Waals surface area contributed by atoms with Gasteiger partial charge in [0.25, 0.3) is 0 Å². The van der Waals surface area contributed by atoms with Gasteiger partial charge in [0.1, 0.15) is 41.4 Å². The number of phenolic OH excluding ortho intramolecular Hbond substituents is 1. The van der Waals surface area contributed by atoms with E-state index in [1.54, 1.807) is 29.7 Å². The Labute approximate surface area is 484 Å². The van der Waals surface area contributed by atoms with Crippen molar-refractivity contribution in [2.45, 2.75) is 110 Å². The molecule has 7 aromatic rings. The number of nitrogens with one attached hydrogen (secondary N) is 2. The van der Waals surface area contributed by atoms with E-state index in [0.717, 1.165) is 150 Å². The summed E-state index contributed by atoms with van der Waals surface area (Å²) >= 11 is 1.66.